The molecule has 2 N–H and O–H groups in total. The number of hydrogen-bond acceptors (Lipinski definition) is 4. The first-order chi connectivity index (χ1) is 13.4. The lowest BCUT2D eigenvalue weighted by Gasteiger charge is -2.22. The van der Waals surface area contributed by atoms with Crippen LogP contribution in [0, 0.1) is 5.92 Å². The fourth-order valence-corrected chi connectivity index (χ4v) is 2.72. The fraction of sp³-hybridized carbons (Fsp3) is 0.333. The van der Waals surface area contributed by atoms with E-state index < -0.39 is 6.04 Å². The van der Waals surface area contributed by atoms with Gasteiger partial charge in [0.15, 0.2) is 0 Å². The zero-order valence-electron chi connectivity index (χ0n) is 16.2. The number of hydrogen-bond donors (Lipinski definition) is 2. The van der Waals surface area contributed by atoms with Crippen molar-refractivity contribution in [2.45, 2.75) is 19.9 Å². The Morgan fingerprint density at radius 3 is 2.32 bits per heavy atom. The molecule has 0 spiro atoms. The lowest BCUT2D eigenvalue weighted by molar-refractivity contribution is -0.118. The summed E-state index contributed by atoms with van der Waals surface area (Å²) in [5.74, 6) is -0.115. The molecule has 0 bridgehead atoms. The summed E-state index contributed by atoms with van der Waals surface area (Å²) in [5.41, 5.74) is 0.946. The molecule has 0 radical (unpaired) electrons. The summed E-state index contributed by atoms with van der Waals surface area (Å²) in [6, 6.07) is 13.0. The van der Waals surface area contributed by atoms with Gasteiger partial charge < -0.3 is 20.1 Å². The minimum absolute atomic E-state index is 0.108. The van der Waals surface area contributed by atoms with Crippen LogP contribution in [0.25, 0.3) is 0 Å². The maximum absolute atomic E-state index is 12.7. The average Bonchev–Trinajstić information content (AvgIpc) is 2.67. The van der Waals surface area contributed by atoms with Crippen LogP contribution in [0.2, 0.25) is 5.02 Å². The largest absolute Gasteiger partial charge is 0.491 e. The van der Waals surface area contributed by atoms with Gasteiger partial charge in [0, 0.05) is 12.8 Å². The van der Waals surface area contributed by atoms with E-state index in [0.717, 1.165) is 0 Å². The summed E-state index contributed by atoms with van der Waals surface area (Å²) in [6.07, 6.45) is 0. The van der Waals surface area contributed by atoms with E-state index in [2.05, 4.69) is 10.6 Å². The highest BCUT2D eigenvalue weighted by atomic mass is 35.5. The quantitative estimate of drug-likeness (QED) is 0.624. The molecule has 7 heteroatoms. The zero-order chi connectivity index (χ0) is 20.5. The van der Waals surface area contributed by atoms with Crippen molar-refractivity contribution in [2.75, 3.05) is 25.6 Å². The maximum atomic E-state index is 12.7. The second-order valence-corrected chi connectivity index (χ2v) is 6.94. The van der Waals surface area contributed by atoms with Gasteiger partial charge in [0.05, 0.1) is 17.2 Å². The minimum Gasteiger partial charge on any atom is -0.491 e. The Morgan fingerprint density at radius 1 is 1.04 bits per heavy atom. The predicted octanol–water partition coefficient (Wildman–Crippen LogP) is 3.76. The van der Waals surface area contributed by atoms with Crippen LogP contribution in [0.3, 0.4) is 0 Å². The number of anilines is 1. The number of benzene rings is 2. The second-order valence-electron chi connectivity index (χ2n) is 6.53. The highest BCUT2D eigenvalue weighted by Gasteiger charge is 2.25. The Hall–Kier alpha value is -2.57. The van der Waals surface area contributed by atoms with E-state index in [4.69, 9.17) is 21.1 Å². The molecule has 2 aromatic rings. The van der Waals surface area contributed by atoms with Crippen LogP contribution in [0.1, 0.15) is 24.2 Å². The lowest BCUT2D eigenvalue weighted by Crippen LogP contribution is -2.47. The highest BCUT2D eigenvalue weighted by Crippen LogP contribution is 2.18. The molecule has 0 heterocycles. The third kappa shape index (κ3) is 6.25. The molecule has 28 heavy (non-hydrogen) atoms. The van der Waals surface area contributed by atoms with E-state index in [0.29, 0.717) is 35.2 Å². The molecule has 0 saturated heterocycles. The molecular formula is C21H25ClN2O4. The van der Waals surface area contributed by atoms with Gasteiger partial charge in [0.25, 0.3) is 5.91 Å². The van der Waals surface area contributed by atoms with Crippen molar-refractivity contribution in [3.05, 3.63) is 59.1 Å². The summed E-state index contributed by atoms with van der Waals surface area (Å²) in [6.45, 7) is 4.68. The number of rotatable bonds is 9. The van der Waals surface area contributed by atoms with Gasteiger partial charge >= 0.3 is 0 Å². The average molecular weight is 405 g/mol. The van der Waals surface area contributed by atoms with Crippen molar-refractivity contribution in [1.82, 2.24) is 5.32 Å². The Labute approximate surface area is 170 Å². The fourth-order valence-electron chi connectivity index (χ4n) is 2.50. The Balaban J connectivity index is 2.01. The van der Waals surface area contributed by atoms with Gasteiger partial charge in [-0.15, -0.1) is 0 Å². The summed E-state index contributed by atoms with van der Waals surface area (Å²) >= 11 is 6.07. The van der Waals surface area contributed by atoms with Gasteiger partial charge in [0.1, 0.15) is 18.4 Å². The van der Waals surface area contributed by atoms with Crippen LogP contribution in [0.5, 0.6) is 5.75 Å². The first-order valence-corrected chi connectivity index (χ1v) is 9.38. The van der Waals surface area contributed by atoms with E-state index in [1.807, 2.05) is 13.8 Å². The molecular weight excluding hydrogens is 380 g/mol. The monoisotopic (exact) mass is 404 g/mol. The van der Waals surface area contributed by atoms with E-state index in [-0.39, 0.29) is 17.7 Å². The van der Waals surface area contributed by atoms with Crippen molar-refractivity contribution in [1.29, 1.82) is 0 Å². The van der Waals surface area contributed by atoms with Crippen LogP contribution in [-0.4, -0.2) is 38.2 Å². The van der Waals surface area contributed by atoms with Crippen molar-refractivity contribution in [3.8, 4) is 5.75 Å². The highest BCUT2D eigenvalue weighted by molar-refractivity contribution is 6.33. The smallest absolute Gasteiger partial charge is 0.253 e. The van der Waals surface area contributed by atoms with Gasteiger partial charge in [-0.3, -0.25) is 9.59 Å². The number of carbonyl (C=O) groups excluding carboxylic acids is 2. The Kier molecular flexibility index (Phi) is 8.29. The molecule has 0 aliphatic carbocycles. The molecule has 0 saturated carbocycles. The number of ether oxygens (including phenoxy) is 2. The number of carbonyl (C=O) groups is 2. The van der Waals surface area contributed by atoms with Crippen LogP contribution < -0.4 is 15.4 Å². The van der Waals surface area contributed by atoms with Crippen LogP contribution in [0.15, 0.2) is 48.5 Å². The molecule has 6 nitrogen and oxygen atoms in total. The third-order valence-electron chi connectivity index (χ3n) is 4.03. The topological polar surface area (TPSA) is 76.7 Å². The summed E-state index contributed by atoms with van der Waals surface area (Å²) < 4.78 is 10.4. The molecule has 1 atom stereocenters. The second kappa shape index (κ2) is 10.7. The van der Waals surface area contributed by atoms with Crippen LogP contribution in [0.4, 0.5) is 5.69 Å². The normalized spacial score (nSPS) is 11.8. The van der Waals surface area contributed by atoms with Crippen molar-refractivity contribution < 1.29 is 19.1 Å². The predicted molar refractivity (Wildman–Crippen MR) is 110 cm³/mol. The standard InChI is InChI=1S/C21H25ClN2O4/c1-14(2)19(24-20(25)17-6-4-5-7-18(17)22)21(26)23-15-8-10-16(11-9-15)28-13-12-27-3/h4-11,14,19H,12-13H2,1-3H3,(H,23,26)(H,24,25). The molecule has 0 aliphatic rings. The van der Waals surface area contributed by atoms with Crippen LogP contribution in [-0.2, 0) is 9.53 Å². The molecule has 150 valence electrons. The Bertz CT molecular complexity index is 793. The first-order valence-electron chi connectivity index (χ1n) is 9.00. The third-order valence-corrected chi connectivity index (χ3v) is 4.36. The molecule has 0 fully saturated rings. The van der Waals surface area contributed by atoms with E-state index in [9.17, 15) is 9.59 Å². The lowest BCUT2D eigenvalue weighted by atomic mass is 10.0. The molecule has 2 amide bonds. The van der Waals surface area contributed by atoms with Crippen LogP contribution >= 0.6 is 11.6 Å². The summed E-state index contributed by atoms with van der Waals surface area (Å²) in [7, 11) is 1.61. The maximum Gasteiger partial charge on any atom is 0.253 e. The van der Waals surface area contributed by atoms with E-state index >= 15 is 0 Å². The summed E-state index contributed by atoms with van der Waals surface area (Å²) in [4.78, 5) is 25.2. The Morgan fingerprint density at radius 2 is 1.71 bits per heavy atom. The number of halogens is 1. The minimum atomic E-state index is -0.707. The van der Waals surface area contributed by atoms with Gasteiger partial charge in [-0.05, 0) is 42.3 Å². The zero-order valence-corrected chi connectivity index (χ0v) is 17.0. The SMILES string of the molecule is COCCOc1ccc(NC(=O)C(NC(=O)c2ccccc2Cl)C(C)C)cc1. The molecule has 1 unspecified atom stereocenters. The van der Waals surface area contributed by atoms with Gasteiger partial charge in [-0.25, -0.2) is 0 Å². The van der Waals surface area contributed by atoms with Gasteiger partial charge in [0.2, 0.25) is 5.91 Å². The first kappa shape index (κ1) is 21.7. The number of amides is 2. The number of methoxy groups -OCH3 is 1. The van der Waals surface area contributed by atoms with E-state index in [1.165, 1.54) is 0 Å². The van der Waals surface area contributed by atoms with E-state index in [1.54, 1.807) is 55.6 Å². The van der Waals surface area contributed by atoms with Crippen molar-refractivity contribution in [2.24, 2.45) is 5.92 Å². The summed E-state index contributed by atoms with van der Waals surface area (Å²) in [5, 5.41) is 5.93. The molecule has 0 aromatic heterocycles. The van der Waals surface area contributed by atoms with Gasteiger partial charge in [-0.1, -0.05) is 37.6 Å². The van der Waals surface area contributed by atoms with Crippen molar-refractivity contribution >= 4 is 29.1 Å². The number of nitrogens with one attached hydrogen (secondary N) is 2. The van der Waals surface area contributed by atoms with Crippen molar-refractivity contribution in [3.63, 3.8) is 0 Å². The molecule has 2 rings (SSSR count). The van der Waals surface area contributed by atoms with Gasteiger partial charge in [-0.2, -0.15) is 0 Å². The molecule has 2 aromatic carbocycles. The molecule has 0 aliphatic heterocycles.